The molecule has 1 N–H and O–H groups in total. The highest BCUT2D eigenvalue weighted by Gasteiger charge is 2.30. The number of pyridine rings is 1. The van der Waals surface area contributed by atoms with Crippen LogP contribution >= 0.6 is 0 Å². The first kappa shape index (κ1) is 12.6. The molecule has 1 aliphatic heterocycles. The lowest BCUT2D eigenvalue weighted by molar-refractivity contribution is 0.572. The molecule has 1 unspecified atom stereocenters. The Balaban J connectivity index is 1.60. The second-order valence-corrected chi connectivity index (χ2v) is 7.36. The topological polar surface area (TPSA) is 63.5 Å². The Bertz CT molecular complexity index is 645. The van der Waals surface area contributed by atoms with Crippen molar-refractivity contribution in [2.24, 2.45) is 0 Å². The molecule has 0 radical (unpaired) electrons. The van der Waals surface area contributed by atoms with Crippen molar-refractivity contribution < 1.29 is 8.42 Å². The number of nitrogens with zero attached hydrogens (tertiary/aromatic N) is 2. The average molecular weight is 279 g/mol. The van der Waals surface area contributed by atoms with Crippen LogP contribution in [0.15, 0.2) is 30.6 Å². The highest BCUT2D eigenvalue weighted by atomic mass is 32.2. The summed E-state index contributed by atoms with van der Waals surface area (Å²) < 4.78 is 25.3. The molecular weight excluding hydrogens is 262 g/mol. The Morgan fingerprint density at radius 1 is 1.42 bits per heavy atom. The van der Waals surface area contributed by atoms with Crippen molar-refractivity contribution in [3.05, 3.63) is 36.3 Å². The molecule has 0 amide bonds. The standard InChI is InChI=1S/C13H17N3O2S/c17-19(18)7-3-4-12(19)9-14-8-11-10-16-6-2-1-5-13(16)15-11/h1-2,5-6,10,12,14H,3-4,7-9H2. The van der Waals surface area contributed by atoms with Crippen molar-refractivity contribution in [2.45, 2.75) is 24.6 Å². The maximum atomic E-state index is 11.7. The van der Waals surface area contributed by atoms with Gasteiger partial charge >= 0.3 is 0 Å². The van der Waals surface area contributed by atoms with E-state index in [1.54, 1.807) is 0 Å². The highest BCUT2D eigenvalue weighted by molar-refractivity contribution is 7.92. The summed E-state index contributed by atoms with van der Waals surface area (Å²) in [5, 5.41) is 2.99. The normalized spacial score (nSPS) is 22.0. The molecule has 6 heteroatoms. The third kappa shape index (κ3) is 2.64. The Labute approximate surface area is 112 Å². The van der Waals surface area contributed by atoms with E-state index in [9.17, 15) is 8.42 Å². The molecule has 1 fully saturated rings. The van der Waals surface area contributed by atoms with Crippen LogP contribution in [0.25, 0.3) is 5.65 Å². The minimum absolute atomic E-state index is 0.218. The first-order valence-electron chi connectivity index (χ1n) is 6.50. The number of fused-ring (bicyclic) bond motifs is 1. The summed E-state index contributed by atoms with van der Waals surface area (Å²) in [6.07, 6.45) is 5.49. The fraction of sp³-hybridized carbons (Fsp3) is 0.462. The molecule has 0 aromatic carbocycles. The van der Waals surface area contributed by atoms with Gasteiger partial charge in [-0.25, -0.2) is 13.4 Å². The van der Waals surface area contributed by atoms with Crippen LogP contribution in [0.2, 0.25) is 0 Å². The minimum atomic E-state index is -2.85. The summed E-state index contributed by atoms with van der Waals surface area (Å²) >= 11 is 0. The monoisotopic (exact) mass is 279 g/mol. The van der Waals surface area contributed by atoms with E-state index in [-0.39, 0.29) is 5.25 Å². The maximum Gasteiger partial charge on any atom is 0.154 e. The Kier molecular flexibility index (Phi) is 3.28. The van der Waals surface area contributed by atoms with E-state index in [1.807, 2.05) is 35.0 Å². The van der Waals surface area contributed by atoms with Crippen LogP contribution in [0.5, 0.6) is 0 Å². The molecule has 0 aliphatic carbocycles. The van der Waals surface area contributed by atoms with Gasteiger partial charge < -0.3 is 9.72 Å². The van der Waals surface area contributed by atoms with Gasteiger partial charge in [-0.1, -0.05) is 6.07 Å². The lowest BCUT2D eigenvalue weighted by atomic mass is 10.2. The summed E-state index contributed by atoms with van der Waals surface area (Å²) in [4.78, 5) is 4.46. The van der Waals surface area contributed by atoms with Gasteiger partial charge in [0.1, 0.15) is 5.65 Å². The van der Waals surface area contributed by atoms with E-state index in [0.29, 0.717) is 18.8 Å². The van der Waals surface area contributed by atoms with Crippen molar-refractivity contribution in [3.8, 4) is 0 Å². The van der Waals surface area contributed by atoms with Gasteiger partial charge in [0.2, 0.25) is 0 Å². The van der Waals surface area contributed by atoms with Crippen LogP contribution in [0.1, 0.15) is 18.5 Å². The van der Waals surface area contributed by atoms with Crippen LogP contribution in [-0.2, 0) is 16.4 Å². The molecule has 0 saturated carbocycles. The van der Waals surface area contributed by atoms with Gasteiger partial charge in [-0.3, -0.25) is 0 Å². The predicted octanol–water partition coefficient (Wildman–Crippen LogP) is 1.00. The second-order valence-electron chi connectivity index (χ2n) is 4.96. The maximum absolute atomic E-state index is 11.7. The molecule has 1 atom stereocenters. The van der Waals surface area contributed by atoms with Gasteiger partial charge in [0.25, 0.3) is 0 Å². The zero-order valence-electron chi connectivity index (χ0n) is 10.6. The fourth-order valence-corrected chi connectivity index (χ4v) is 4.32. The molecule has 2 aromatic rings. The highest BCUT2D eigenvalue weighted by Crippen LogP contribution is 2.19. The number of imidazole rings is 1. The minimum Gasteiger partial charge on any atom is -0.310 e. The van der Waals surface area contributed by atoms with Gasteiger partial charge in [-0.05, 0) is 25.0 Å². The summed E-state index contributed by atoms with van der Waals surface area (Å²) in [6.45, 7) is 1.13. The van der Waals surface area contributed by atoms with Crippen LogP contribution in [0.3, 0.4) is 0 Å². The molecule has 1 saturated heterocycles. The summed E-state index contributed by atoms with van der Waals surface area (Å²) in [7, 11) is -2.85. The van der Waals surface area contributed by atoms with Gasteiger partial charge in [0.05, 0.1) is 16.7 Å². The van der Waals surface area contributed by atoms with E-state index in [4.69, 9.17) is 0 Å². The average Bonchev–Trinajstić information content (AvgIpc) is 2.92. The number of nitrogens with one attached hydrogen (secondary N) is 1. The van der Waals surface area contributed by atoms with E-state index in [0.717, 1.165) is 24.2 Å². The predicted molar refractivity (Wildman–Crippen MR) is 73.7 cm³/mol. The largest absolute Gasteiger partial charge is 0.310 e. The van der Waals surface area contributed by atoms with Crippen molar-refractivity contribution in [1.29, 1.82) is 0 Å². The third-order valence-corrected chi connectivity index (χ3v) is 5.83. The van der Waals surface area contributed by atoms with Gasteiger partial charge in [-0.15, -0.1) is 0 Å². The molecule has 0 spiro atoms. The summed E-state index contributed by atoms with van der Waals surface area (Å²) in [5.74, 6) is 0.341. The van der Waals surface area contributed by atoms with Crippen molar-refractivity contribution in [3.63, 3.8) is 0 Å². The van der Waals surface area contributed by atoms with Crippen LogP contribution in [0.4, 0.5) is 0 Å². The van der Waals surface area contributed by atoms with Crippen molar-refractivity contribution in [2.75, 3.05) is 12.3 Å². The van der Waals surface area contributed by atoms with E-state index < -0.39 is 9.84 Å². The van der Waals surface area contributed by atoms with Crippen LogP contribution < -0.4 is 5.32 Å². The number of hydrogen-bond donors (Lipinski definition) is 1. The molecule has 0 bridgehead atoms. The second kappa shape index (κ2) is 4.94. The van der Waals surface area contributed by atoms with E-state index >= 15 is 0 Å². The SMILES string of the molecule is O=S1(=O)CCCC1CNCc1cn2ccccc2n1. The zero-order valence-corrected chi connectivity index (χ0v) is 11.4. The molecule has 2 aromatic heterocycles. The molecule has 102 valence electrons. The molecule has 3 rings (SSSR count). The first-order valence-corrected chi connectivity index (χ1v) is 8.21. The molecule has 3 heterocycles. The van der Waals surface area contributed by atoms with E-state index in [2.05, 4.69) is 10.3 Å². The molecule has 5 nitrogen and oxygen atoms in total. The quantitative estimate of drug-likeness (QED) is 0.907. The van der Waals surface area contributed by atoms with E-state index in [1.165, 1.54) is 0 Å². The number of sulfone groups is 1. The summed E-state index contributed by atoms with van der Waals surface area (Å²) in [5.41, 5.74) is 1.84. The molecule has 1 aliphatic rings. The van der Waals surface area contributed by atoms with Gasteiger partial charge in [0, 0.05) is 25.5 Å². The van der Waals surface area contributed by atoms with Crippen LogP contribution in [0, 0.1) is 0 Å². The lowest BCUT2D eigenvalue weighted by Gasteiger charge is -2.09. The van der Waals surface area contributed by atoms with Gasteiger partial charge in [-0.2, -0.15) is 0 Å². The van der Waals surface area contributed by atoms with Crippen molar-refractivity contribution in [1.82, 2.24) is 14.7 Å². The van der Waals surface area contributed by atoms with Crippen molar-refractivity contribution >= 4 is 15.5 Å². The Morgan fingerprint density at radius 3 is 3.05 bits per heavy atom. The first-order chi connectivity index (χ1) is 9.15. The lowest BCUT2D eigenvalue weighted by Crippen LogP contribution is -2.30. The number of hydrogen-bond acceptors (Lipinski definition) is 4. The fourth-order valence-electron chi connectivity index (χ4n) is 2.52. The van der Waals surface area contributed by atoms with Gasteiger partial charge in [0.15, 0.2) is 9.84 Å². The molecule has 19 heavy (non-hydrogen) atoms. The van der Waals surface area contributed by atoms with Crippen LogP contribution in [-0.4, -0.2) is 35.4 Å². The Morgan fingerprint density at radius 2 is 2.32 bits per heavy atom. The summed E-state index contributed by atoms with van der Waals surface area (Å²) in [6, 6.07) is 5.85. The molecular formula is C13H17N3O2S. The number of aromatic nitrogens is 2. The zero-order chi connectivity index (χ0) is 13.3. The third-order valence-electron chi connectivity index (χ3n) is 3.55. The number of rotatable bonds is 4. The Hall–Kier alpha value is -1.40. The smallest absolute Gasteiger partial charge is 0.154 e.